The maximum atomic E-state index is 11.7. The molecular formula is C12H14BrN3O2S2. The van der Waals surface area contributed by atoms with Gasteiger partial charge in [0.2, 0.25) is 5.91 Å². The molecule has 5 nitrogen and oxygen atoms in total. The monoisotopic (exact) mass is 375 g/mol. The van der Waals surface area contributed by atoms with E-state index in [2.05, 4.69) is 31.5 Å². The molecule has 0 radical (unpaired) electrons. The van der Waals surface area contributed by atoms with Gasteiger partial charge in [-0.15, -0.1) is 22.7 Å². The molecule has 20 heavy (non-hydrogen) atoms. The minimum atomic E-state index is -0.102. The molecule has 1 amide bonds. The molecule has 2 heterocycles. The lowest BCUT2D eigenvalue weighted by Crippen LogP contribution is -2.30. The molecule has 0 unspecified atom stereocenters. The van der Waals surface area contributed by atoms with Crippen LogP contribution >= 0.6 is 38.6 Å². The van der Waals surface area contributed by atoms with Gasteiger partial charge in [-0.2, -0.15) is 0 Å². The van der Waals surface area contributed by atoms with E-state index < -0.39 is 0 Å². The molecule has 0 saturated heterocycles. The lowest BCUT2D eigenvalue weighted by Gasteiger charge is -2.03. The first-order valence-corrected chi connectivity index (χ1v) is 8.43. The Morgan fingerprint density at radius 1 is 1.45 bits per heavy atom. The smallest absolute Gasteiger partial charge is 0.240 e. The molecule has 0 fully saturated rings. The summed E-state index contributed by atoms with van der Waals surface area (Å²) in [6.45, 7) is 1.49. The number of anilines is 1. The SMILES string of the molecule is COCCNCC(=O)Nc1nc(-c2cc(Br)cs2)cs1. The van der Waals surface area contributed by atoms with Crippen molar-refractivity contribution in [2.45, 2.75) is 0 Å². The van der Waals surface area contributed by atoms with E-state index >= 15 is 0 Å². The summed E-state index contributed by atoms with van der Waals surface area (Å²) in [5, 5.41) is 10.3. The maximum absolute atomic E-state index is 11.7. The fraction of sp³-hybridized carbons (Fsp3) is 0.333. The number of amides is 1. The number of aromatic nitrogens is 1. The van der Waals surface area contributed by atoms with Gasteiger partial charge < -0.3 is 15.4 Å². The number of ether oxygens (including phenoxy) is 1. The van der Waals surface area contributed by atoms with E-state index in [4.69, 9.17) is 4.74 Å². The van der Waals surface area contributed by atoms with Gasteiger partial charge in [-0.05, 0) is 22.0 Å². The Bertz CT molecular complexity index is 571. The van der Waals surface area contributed by atoms with Crippen molar-refractivity contribution in [1.29, 1.82) is 0 Å². The van der Waals surface area contributed by atoms with Crippen molar-refractivity contribution in [3.8, 4) is 10.6 Å². The molecule has 108 valence electrons. The van der Waals surface area contributed by atoms with Crippen molar-refractivity contribution in [3.63, 3.8) is 0 Å². The molecule has 2 aromatic heterocycles. The third-order valence-corrected chi connectivity index (χ3v) is 4.81. The van der Waals surface area contributed by atoms with Crippen molar-refractivity contribution in [1.82, 2.24) is 10.3 Å². The summed E-state index contributed by atoms with van der Waals surface area (Å²) in [7, 11) is 1.63. The predicted octanol–water partition coefficient (Wildman–Crippen LogP) is 2.81. The molecule has 0 aliphatic heterocycles. The molecule has 0 bridgehead atoms. The second-order valence-corrected chi connectivity index (χ2v) is 6.57. The van der Waals surface area contributed by atoms with Crippen LogP contribution in [-0.2, 0) is 9.53 Å². The second-order valence-electron chi connectivity index (χ2n) is 3.88. The van der Waals surface area contributed by atoms with Crippen LogP contribution in [0.15, 0.2) is 21.3 Å². The lowest BCUT2D eigenvalue weighted by molar-refractivity contribution is -0.115. The number of carbonyl (C=O) groups excluding carboxylic acids is 1. The van der Waals surface area contributed by atoms with Crippen LogP contribution in [0.1, 0.15) is 0 Å². The highest BCUT2D eigenvalue weighted by Gasteiger charge is 2.09. The van der Waals surface area contributed by atoms with Gasteiger partial charge in [-0.3, -0.25) is 4.79 Å². The van der Waals surface area contributed by atoms with Crippen LogP contribution in [0.2, 0.25) is 0 Å². The van der Waals surface area contributed by atoms with E-state index in [1.54, 1.807) is 18.4 Å². The number of carbonyl (C=O) groups is 1. The second kappa shape index (κ2) is 7.84. The summed E-state index contributed by atoms with van der Waals surface area (Å²) < 4.78 is 5.93. The fourth-order valence-electron chi connectivity index (χ4n) is 1.43. The molecule has 0 aliphatic carbocycles. The maximum Gasteiger partial charge on any atom is 0.240 e. The van der Waals surface area contributed by atoms with Gasteiger partial charge in [0.15, 0.2) is 5.13 Å². The number of rotatable bonds is 7. The summed E-state index contributed by atoms with van der Waals surface area (Å²) in [5.74, 6) is -0.102. The number of halogens is 1. The number of methoxy groups -OCH3 is 1. The number of hydrogen-bond donors (Lipinski definition) is 2. The molecule has 2 aromatic rings. The molecule has 0 aliphatic rings. The molecule has 0 atom stereocenters. The van der Waals surface area contributed by atoms with Crippen molar-refractivity contribution in [3.05, 3.63) is 21.3 Å². The quantitative estimate of drug-likeness (QED) is 0.730. The largest absolute Gasteiger partial charge is 0.383 e. The van der Waals surface area contributed by atoms with Crippen LogP contribution in [0.5, 0.6) is 0 Å². The summed E-state index contributed by atoms with van der Waals surface area (Å²) in [6.07, 6.45) is 0. The van der Waals surface area contributed by atoms with E-state index in [9.17, 15) is 4.79 Å². The molecule has 0 spiro atoms. The van der Waals surface area contributed by atoms with Crippen LogP contribution in [0.3, 0.4) is 0 Å². The Morgan fingerprint density at radius 3 is 3.00 bits per heavy atom. The highest BCUT2D eigenvalue weighted by atomic mass is 79.9. The zero-order chi connectivity index (χ0) is 14.4. The number of hydrogen-bond acceptors (Lipinski definition) is 6. The minimum Gasteiger partial charge on any atom is -0.383 e. The van der Waals surface area contributed by atoms with E-state index in [0.29, 0.717) is 18.3 Å². The molecule has 8 heteroatoms. The fourth-order valence-corrected chi connectivity index (χ4v) is 3.62. The van der Waals surface area contributed by atoms with Gasteiger partial charge in [0.05, 0.1) is 23.7 Å². The van der Waals surface area contributed by atoms with Crippen molar-refractivity contribution in [2.24, 2.45) is 0 Å². The summed E-state index contributed by atoms with van der Waals surface area (Å²) >= 11 is 6.45. The Kier molecular flexibility index (Phi) is 6.11. The average Bonchev–Trinajstić information content (AvgIpc) is 3.04. The number of nitrogens with zero attached hydrogens (tertiary/aromatic N) is 1. The van der Waals surface area contributed by atoms with Crippen LogP contribution < -0.4 is 10.6 Å². The highest BCUT2D eigenvalue weighted by Crippen LogP contribution is 2.31. The molecule has 0 aromatic carbocycles. The summed E-state index contributed by atoms with van der Waals surface area (Å²) in [6, 6.07) is 2.01. The zero-order valence-electron chi connectivity index (χ0n) is 10.8. The van der Waals surface area contributed by atoms with Gasteiger partial charge in [-0.25, -0.2) is 4.98 Å². The van der Waals surface area contributed by atoms with Crippen LogP contribution in [0.25, 0.3) is 10.6 Å². The molecule has 2 N–H and O–H groups in total. The van der Waals surface area contributed by atoms with Gasteiger partial charge in [0, 0.05) is 28.9 Å². The van der Waals surface area contributed by atoms with E-state index in [-0.39, 0.29) is 12.5 Å². The first-order chi connectivity index (χ1) is 9.69. The van der Waals surface area contributed by atoms with E-state index in [0.717, 1.165) is 15.0 Å². The Balaban J connectivity index is 1.85. The normalized spacial score (nSPS) is 10.7. The third kappa shape index (κ3) is 4.64. The van der Waals surface area contributed by atoms with E-state index in [1.165, 1.54) is 11.3 Å². The highest BCUT2D eigenvalue weighted by molar-refractivity contribution is 9.10. The third-order valence-electron chi connectivity index (χ3n) is 2.34. The van der Waals surface area contributed by atoms with E-state index in [1.807, 2.05) is 16.8 Å². The Labute approximate surface area is 133 Å². The summed E-state index contributed by atoms with van der Waals surface area (Å²) in [5.41, 5.74) is 0.883. The number of thiophene rings is 1. The lowest BCUT2D eigenvalue weighted by atomic mass is 10.4. The van der Waals surface area contributed by atoms with Crippen molar-refractivity contribution >= 4 is 49.6 Å². The van der Waals surface area contributed by atoms with Gasteiger partial charge in [-0.1, -0.05) is 0 Å². The predicted molar refractivity (Wildman–Crippen MR) is 86.5 cm³/mol. The molecular weight excluding hydrogens is 362 g/mol. The number of thiazole rings is 1. The zero-order valence-corrected chi connectivity index (χ0v) is 14.0. The van der Waals surface area contributed by atoms with Gasteiger partial charge >= 0.3 is 0 Å². The minimum absolute atomic E-state index is 0.102. The average molecular weight is 376 g/mol. The Morgan fingerprint density at radius 2 is 2.30 bits per heavy atom. The van der Waals surface area contributed by atoms with Crippen molar-refractivity contribution in [2.75, 3.05) is 32.1 Å². The van der Waals surface area contributed by atoms with Crippen molar-refractivity contribution < 1.29 is 9.53 Å². The van der Waals surface area contributed by atoms with Crippen LogP contribution in [-0.4, -0.2) is 37.7 Å². The molecule has 2 rings (SSSR count). The first kappa shape index (κ1) is 15.6. The van der Waals surface area contributed by atoms with Gasteiger partial charge in [0.1, 0.15) is 0 Å². The first-order valence-electron chi connectivity index (χ1n) is 5.88. The standard InChI is InChI=1S/C12H14BrN3O2S2/c1-18-3-2-14-5-11(17)16-12-15-9(7-20-12)10-4-8(13)6-19-10/h4,6-7,14H,2-3,5H2,1H3,(H,15,16,17). The number of nitrogens with one attached hydrogen (secondary N) is 2. The summed E-state index contributed by atoms with van der Waals surface area (Å²) in [4.78, 5) is 17.2. The van der Waals surface area contributed by atoms with Crippen LogP contribution in [0.4, 0.5) is 5.13 Å². The van der Waals surface area contributed by atoms with Crippen LogP contribution in [0, 0.1) is 0 Å². The Hall–Kier alpha value is -0.800. The molecule has 0 saturated carbocycles. The topological polar surface area (TPSA) is 63.2 Å². The van der Waals surface area contributed by atoms with Gasteiger partial charge in [0.25, 0.3) is 0 Å².